The van der Waals surface area contributed by atoms with Crippen LogP contribution in [0.25, 0.3) is 0 Å². The van der Waals surface area contributed by atoms with Gasteiger partial charge in [0.2, 0.25) is 0 Å². The van der Waals surface area contributed by atoms with Crippen molar-refractivity contribution < 1.29 is 9.90 Å². The Morgan fingerprint density at radius 3 is 2.69 bits per heavy atom. The fraction of sp³-hybridized carbons (Fsp3) is 0.545. The largest absolute Gasteiger partial charge is 0.481 e. The van der Waals surface area contributed by atoms with Crippen LogP contribution in [0, 0.1) is 0 Å². The summed E-state index contributed by atoms with van der Waals surface area (Å²) in [5.41, 5.74) is 0. The van der Waals surface area contributed by atoms with Crippen LogP contribution in [0.5, 0.6) is 0 Å². The van der Waals surface area contributed by atoms with Gasteiger partial charge in [0.25, 0.3) is 0 Å². The maximum absolute atomic E-state index is 10.9. The zero-order valence-electron chi connectivity index (χ0n) is 8.86. The SMILES string of the molecule is O=C(O)CC(c1ccc(Br)s1)N1CCCC1. The molecule has 1 aromatic rings. The molecule has 0 saturated carbocycles. The van der Waals surface area contributed by atoms with Gasteiger partial charge in [-0.05, 0) is 54.0 Å². The van der Waals surface area contributed by atoms with Gasteiger partial charge < -0.3 is 5.11 Å². The maximum Gasteiger partial charge on any atom is 0.305 e. The molecule has 88 valence electrons. The van der Waals surface area contributed by atoms with Gasteiger partial charge in [0, 0.05) is 4.88 Å². The van der Waals surface area contributed by atoms with Crippen LogP contribution in [-0.2, 0) is 4.79 Å². The lowest BCUT2D eigenvalue weighted by Crippen LogP contribution is -2.27. The number of hydrogen-bond acceptors (Lipinski definition) is 3. The fourth-order valence-corrected chi connectivity index (χ4v) is 3.69. The van der Waals surface area contributed by atoms with E-state index in [4.69, 9.17) is 5.11 Å². The van der Waals surface area contributed by atoms with Crippen LogP contribution < -0.4 is 0 Å². The van der Waals surface area contributed by atoms with Crippen LogP contribution in [0.3, 0.4) is 0 Å². The van der Waals surface area contributed by atoms with Crippen molar-refractivity contribution in [1.29, 1.82) is 0 Å². The Bertz CT molecular complexity index is 374. The van der Waals surface area contributed by atoms with Crippen LogP contribution in [0.1, 0.15) is 30.2 Å². The average molecular weight is 304 g/mol. The molecule has 0 aromatic carbocycles. The minimum atomic E-state index is -0.721. The third kappa shape index (κ3) is 2.84. The Morgan fingerprint density at radius 2 is 2.19 bits per heavy atom. The molecule has 1 unspecified atom stereocenters. The standard InChI is InChI=1S/C11H14BrNO2S/c12-10-4-3-9(16-10)8(7-11(14)15)13-5-1-2-6-13/h3-4,8H,1-2,5-7H2,(H,14,15). The van der Waals surface area contributed by atoms with E-state index in [2.05, 4.69) is 20.8 Å². The highest BCUT2D eigenvalue weighted by molar-refractivity contribution is 9.11. The minimum absolute atomic E-state index is 0.0521. The molecule has 0 bridgehead atoms. The van der Waals surface area contributed by atoms with E-state index in [0.717, 1.165) is 21.8 Å². The molecule has 16 heavy (non-hydrogen) atoms. The van der Waals surface area contributed by atoms with Crippen molar-refractivity contribution in [3.05, 3.63) is 20.8 Å². The predicted molar refractivity (Wildman–Crippen MR) is 67.8 cm³/mol. The first kappa shape index (κ1) is 12.1. The number of halogens is 1. The van der Waals surface area contributed by atoms with Gasteiger partial charge in [-0.1, -0.05) is 0 Å². The molecule has 1 aliphatic rings. The molecule has 1 aromatic heterocycles. The van der Waals surface area contributed by atoms with Crippen molar-refractivity contribution in [1.82, 2.24) is 4.90 Å². The third-order valence-corrected chi connectivity index (χ3v) is 4.60. The van der Waals surface area contributed by atoms with Gasteiger partial charge in [0.1, 0.15) is 0 Å². The second-order valence-corrected chi connectivity index (χ2v) is 6.49. The monoisotopic (exact) mass is 303 g/mol. The zero-order valence-corrected chi connectivity index (χ0v) is 11.3. The molecule has 1 aliphatic heterocycles. The summed E-state index contributed by atoms with van der Waals surface area (Å²) in [5.74, 6) is -0.721. The summed E-state index contributed by atoms with van der Waals surface area (Å²) in [6.45, 7) is 2.04. The molecular weight excluding hydrogens is 290 g/mol. The molecule has 1 saturated heterocycles. The quantitative estimate of drug-likeness (QED) is 0.929. The predicted octanol–water partition coefficient (Wildman–Crippen LogP) is 3.12. The Kier molecular flexibility index (Phi) is 4.00. The summed E-state index contributed by atoms with van der Waals surface area (Å²) in [7, 11) is 0. The lowest BCUT2D eigenvalue weighted by atomic mass is 10.1. The summed E-state index contributed by atoms with van der Waals surface area (Å²) in [6.07, 6.45) is 2.57. The lowest BCUT2D eigenvalue weighted by Gasteiger charge is -2.25. The van der Waals surface area contributed by atoms with Crippen LogP contribution in [0.15, 0.2) is 15.9 Å². The summed E-state index contributed by atoms with van der Waals surface area (Å²) in [4.78, 5) is 14.3. The van der Waals surface area contributed by atoms with E-state index in [1.54, 1.807) is 11.3 Å². The van der Waals surface area contributed by atoms with Crippen molar-refractivity contribution in [2.45, 2.75) is 25.3 Å². The summed E-state index contributed by atoms with van der Waals surface area (Å²) in [6, 6.07) is 4.07. The second-order valence-electron chi connectivity index (χ2n) is 4.00. The smallest absolute Gasteiger partial charge is 0.305 e. The number of carbonyl (C=O) groups is 1. The van der Waals surface area contributed by atoms with Crippen LogP contribution in [-0.4, -0.2) is 29.1 Å². The van der Waals surface area contributed by atoms with Gasteiger partial charge >= 0.3 is 5.97 Å². The Morgan fingerprint density at radius 1 is 1.50 bits per heavy atom. The van der Waals surface area contributed by atoms with Crippen molar-refractivity contribution in [3.8, 4) is 0 Å². The molecule has 2 rings (SSSR count). The van der Waals surface area contributed by atoms with E-state index >= 15 is 0 Å². The highest BCUT2D eigenvalue weighted by Crippen LogP contribution is 2.34. The van der Waals surface area contributed by atoms with Gasteiger partial charge in [-0.25, -0.2) is 0 Å². The molecule has 0 spiro atoms. The Hall–Kier alpha value is -0.390. The van der Waals surface area contributed by atoms with Crippen molar-refractivity contribution in [2.24, 2.45) is 0 Å². The van der Waals surface area contributed by atoms with Crippen LogP contribution >= 0.6 is 27.3 Å². The number of rotatable bonds is 4. The van der Waals surface area contributed by atoms with Gasteiger partial charge in [0.15, 0.2) is 0 Å². The van der Waals surface area contributed by atoms with Gasteiger partial charge in [-0.2, -0.15) is 0 Å². The highest BCUT2D eigenvalue weighted by Gasteiger charge is 2.26. The summed E-state index contributed by atoms with van der Waals surface area (Å²) in [5, 5.41) is 8.98. The molecule has 0 radical (unpaired) electrons. The number of aliphatic carboxylic acids is 1. The first-order valence-electron chi connectivity index (χ1n) is 5.38. The lowest BCUT2D eigenvalue weighted by molar-refractivity contribution is -0.138. The number of likely N-dealkylation sites (tertiary alicyclic amines) is 1. The fourth-order valence-electron chi connectivity index (χ4n) is 2.14. The van der Waals surface area contributed by atoms with E-state index < -0.39 is 5.97 Å². The third-order valence-electron chi connectivity index (χ3n) is 2.87. The molecule has 2 heterocycles. The molecule has 5 heteroatoms. The molecule has 0 aliphatic carbocycles. The molecule has 1 N–H and O–H groups in total. The molecular formula is C11H14BrNO2S. The summed E-state index contributed by atoms with van der Waals surface area (Å²) < 4.78 is 1.07. The number of hydrogen-bond donors (Lipinski definition) is 1. The van der Waals surface area contributed by atoms with Crippen molar-refractivity contribution >= 4 is 33.2 Å². The van der Waals surface area contributed by atoms with Crippen LogP contribution in [0.2, 0.25) is 0 Å². The van der Waals surface area contributed by atoms with Gasteiger partial charge in [-0.15, -0.1) is 11.3 Å². The van der Waals surface area contributed by atoms with E-state index in [1.807, 2.05) is 12.1 Å². The molecule has 1 fully saturated rings. The minimum Gasteiger partial charge on any atom is -0.481 e. The van der Waals surface area contributed by atoms with Gasteiger partial charge in [0.05, 0.1) is 16.2 Å². The first-order valence-corrected chi connectivity index (χ1v) is 6.99. The Labute approximate surface area is 107 Å². The van der Waals surface area contributed by atoms with Crippen LogP contribution in [0.4, 0.5) is 0 Å². The number of carboxylic acid groups (broad SMARTS) is 1. The molecule has 1 atom stereocenters. The Balaban J connectivity index is 2.16. The van der Waals surface area contributed by atoms with Crippen molar-refractivity contribution in [2.75, 3.05) is 13.1 Å². The maximum atomic E-state index is 10.9. The summed E-state index contributed by atoms with van der Waals surface area (Å²) >= 11 is 5.06. The zero-order chi connectivity index (χ0) is 11.5. The molecule has 3 nitrogen and oxygen atoms in total. The number of nitrogens with zero attached hydrogens (tertiary/aromatic N) is 1. The number of carboxylic acids is 1. The first-order chi connectivity index (χ1) is 7.66. The van der Waals surface area contributed by atoms with Crippen molar-refractivity contribution in [3.63, 3.8) is 0 Å². The van der Waals surface area contributed by atoms with E-state index in [1.165, 1.54) is 12.8 Å². The highest BCUT2D eigenvalue weighted by atomic mass is 79.9. The van der Waals surface area contributed by atoms with E-state index in [9.17, 15) is 4.79 Å². The van der Waals surface area contributed by atoms with Gasteiger partial charge in [-0.3, -0.25) is 9.69 Å². The number of thiophene rings is 1. The topological polar surface area (TPSA) is 40.5 Å². The molecule has 0 amide bonds. The van der Waals surface area contributed by atoms with E-state index in [-0.39, 0.29) is 12.5 Å². The normalized spacial score (nSPS) is 18.8. The van der Waals surface area contributed by atoms with E-state index in [0.29, 0.717) is 0 Å². The average Bonchev–Trinajstić information content (AvgIpc) is 2.84. The second kappa shape index (κ2) is 5.29.